The molecule has 1 unspecified atom stereocenters. The summed E-state index contributed by atoms with van der Waals surface area (Å²) in [6, 6.07) is 0. The highest BCUT2D eigenvalue weighted by atomic mass is 32.1. The van der Waals surface area contributed by atoms with Gasteiger partial charge in [0.05, 0.1) is 6.42 Å². The van der Waals surface area contributed by atoms with Gasteiger partial charge < -0.3 is 14.9 Å². The molecule has 0 saturated heterocycles. The van der Waals surface area contributed by atoms with E-state index in [9.17, 15) is 10.2 Å². The van der Waals surface area contributed by atoms with Crippen molar-refractivity contribution in [3.05, 3.63) is 0 Å². The Morgan fingerprint density at radius 3 is 2.05 bits per heavy atom. The lowest BCUT2D eigenvalue weighted by molar-refractivity contribution is -0.00783. The summed E-state index contributed by atoms with van der Waals surface area (Å²) in [7, 11) is 0. The molecule has 0 radical (unpaired) electrons. The molecule has 0 aliphatic rings. The molecule has 0 aliphatic carbocycles. The second-order valence-corrected chi connectivity index (χ2v) is 5.74. The van der Waals surface area contributed by atoms with Crippen LogP contribution in [0, 0.1) is 0 Å². The van der Waals surface area contributed by atoms with Crippen molar-refractivity contribution in [1.82, 2.24) is 0 Å². The van der Waals surface area contributed by atoms with Crippen LogP contribution in [0.1, 0.15) is 65.2 Å². The Balaban J connectivity index is 4.61. The van der Waals surface area contributed by atoms with Crippen molar-refractivity contribution in [2.45, 2.75) is 70.8 Å². The first-order valence-electron chi connectivity index (χ1n) is 7.07. The first kappa shape index (κ1) is 18.7. The molecule has 2 N–H and O–H groups in total. The van der Waals surface area contributed by atoms with Gasteiger partial charge in [0.25, 0.3) is 0 Å². The van der Waals surface area contributed by atoms with Crippen LogP contribution in [0.25, 0.3) is 0 Å². The van der Waals surface area contributed by atoms with Crippen LogP contribution >= 0.6 is 24.4 Å². The first-order valence-corrected chi connectivity index (χ1v) is 7.89. The Morgan fingerprint density at radius 2 is 1.58 bits per heavy atom. The highest BCUT2D eigenvalue weighted by Crippen LogP contribution is 2.26. The summed E-state index contributed by atoms with van der Waals surface area (Å²) < 4.78 is 5.81. The van der Waals surface area contributed by atoms with Crippen LogP contribution in [0.3, 0.4) is 0 Å². The van der Waals surface area contributed by atoms with Crippen molar-refractivity contribution in [2.24, 2.45) is 0 Å². The number of thiocarbonyl (C=S) groups is 2. The summed E-state index contributed by atoms with van der Waals surface area (Å²) in [6.07, 6.45) is 6.83. The molecule has 0 heterocycles. The van der Waals surface area contributed by atoms with Crippen molar-refractivity contribution < 1.29 is 14.9 Å². The molecular weight excluding hydrogens is 280 g/mol. The van der Waals surface area contributed by atoms with E-state index >= 15 is 0 Å². The van der Waals surface area contributed by atoms with Gasteiger partial charge in [0.2, 0.25) is 0 Å². The maximum absolute atomic E-state index is 9.80. The largest absolute Gasteiger partial charge is 0.502 e. The lowest BCUT2D eigenvalue weighted by atomic mass is 9.93. The quantitative estimate of drug-likeness (QED) is 0.405. The fraction of sp³-hybridized carbons (Fsp3) is 0.857. The summed E-state index contributed by atoms with van der Waals surface area (Å²) >= 11 is 9.68. The van der Waals surface area contributed by atoms with Gasteiger partial charge in [-0.1, -0.05) is 46.0 Å². The normalized spacial score (nSPS) is 14.0. The minimum absolute atomic E-state index is 0.105. The van der Waals surface area contributed by atoms with Gasteiger partial charge in [0.15, 0.2) is 10.1 Å². The average molecular weight is 306 g/mol. The molecule has 19 heavy (non-hydrogen) atoms. The summed E-state index contributed by atoms with van der Waals surface area (Å²) in [5, 5.41) is 18.8. The third-order valence-electron chi connectivity index (χ3n) is 3.14. The van der Waals surface area contributed by atoms with Crippen LogP contribution in [-0.2, 0) is 4.74 Å². The zero-order chi connectivity index (χ0) is 14.7. The Bertz CT molecular complexity index is 282. The van der Waals surface area contributed by atoms with Crippen molar-refractivity contribution >= 4 is 34.5 Å². The zero-order valence-electron chi connectivity index (χ0n) is 12.0. The van der Waals surface area contributed by atoms with Gasteiger partial charge >= 0.3 is 0 Å². The van der Waals surface area contributed by atoms with Crippen molar-refractivity contribution in [3.8, 4) is 0 Å². The van der Waals surface area contributed by atoms with Crippen LogP contribution < -0.4 is 0 Å². The molecule has 0 amide bonds. The SMILES string of the molecule is CCCCCOC(CCCCC)(CC(O)=S)C(O)=S. The topological polar surface area (TPSA) is 49.7 Å². The monoisotopic (exact) mass is 306 g/mol. The second kappa shape index (κ2) is 10.5. The van der Waals surface area contributed by atoms with Gasteiger partial charge in [0, 0.05) is 6.61 Å². The maximum Gasteiger partial charge on any atom is 0.190 e. The maximum atomic E-state index is 9.80. The van der Waals surface area contributed by atoms with E-state index in [1.54, 1.807) is 0 Å². The third kappa shape index (κ3) is 7.80. The predicted molar refractivity (Wildman–Crippen MR) is 87.4 cm³/mol. The summed E-state index contributed by atoms with van der Waals surface area (Å²) in [5.74, 6) is 0. The molecule has 0 aromatic rings. The fourth-order valence-corrected chi connectivity index (χ4v) is 2.45. The first-order chi connectivity index (χ1) is 8.98. The van der Waals surface area contributed by atoms with E-state index in [0.717, 1.165) is 38.5 Å². The standard InChI is InChI=1S/C14H26O3S2/c1-3-5-7-9-14(13(16)19,11-12(15)18)17-10-8-6-4-2/h3-11H2,1-2H3,(H,15,18)(H,16,19). The van der Waals surface area contributed by atoms with Crippen LogP contribution in [0.15, 0.2) is 0 Å². The molecule has 0 saturated carbocycles. The predicted octanol–water partition coefficient (Wildman–Crippen LogP) is 4.67. The molecule has 0 rings (SSSR count). The number of unbranched alkanes of at least 4 members (excludes halogenated alkanes) is 4. The lowest BCUT2D eigenvalue weighted by Crippen LogP contribution is -2.42. The Hall–Kier alpha value is -0.260. The van der Waals surface area contributed by atoms with Crippen LogP contribution in [0.5, 0.6) is 0 Å². The molecule has 0 spiro atoms. The molecule has 0 bridgehead atoms. The van der Waals surface area contributed by atoms with Gasteiger partial charge in [-0.3, -0.25) is 0 Å². The van der Waals surface area contributed by atoms with Crippen LogP contribution in [0.4, 0.5) is 0 Å². The number of rotatable bonds is 12. The fourth-order valence-electron chi connectivity index (χ4n) is 1.98. The number of aliphatic hydroxyl groups is 2. The number of hydrogen-bond donors (Lipinski definition) is 2. The summed E-state index contributed by atoms with van der Waals surface area (Å²) in [6.45, 7) is 4.76. The van der Waals surface area contributed by atoms with Gasteiger partial charge in [-0.15, -0.1) is 0 Å². The van der Waals surface area contributed by atoms with Crippen molar-refractivity contribution in [2.75, 3.05) is 6.61 Å². The van der Waals surface area contributed by atoms with E-state index in [0.29, 0.717) is 13.0 Å². The molecule has 5 heteroatoms. The van der Waals surface area contributed by atoms with Gasteiger partial charge in [-0.05, 0) is 37.3 Å². The Kier molecular flexibility index (Phi) is 10.4. The van der Waals surface area contributed by atoms with Crippen molar-refractivity contribution in [1.29, 1.82) is 0 Å². The minimum Gasteiger partial charge on any atom is -0.502 e. The lowest BCUT2D eigenvalue weighted by Gasteiger charge is -2.31. The number of ether oxygens (including phenoxy) is 1. The molecular formula is C14H26O3S2. The zero-order valence-corrected chi connectivity index (χ0v) is 13.6. The molecule has 0 aromatic carbocycles. The van der Waals surface area contributed by atoms with E-state index in [4.69, 9.17) is 29.2 Å². The van der Waals surface area contributed by atoms with E-state index in [1.807, 2.05) is 0 Å². The highest BCUT2D eigenvalue weighted by Gasteiger charge is 2.37. The molecule has 0 fully saturated rings. The van der Waals surface area contributed by atoms with Crippen molar-refractivity contribution in [3.63, 3.8) is 0 Å². The van der Waals surface area contributed by atoms with E-state index in [2.05, 4.69) is 13.8 Å². The average Bonchev–Trinajstić information content (AvgIpc) is 2.33. The van der Waals surface area contributed by atoms with E-state index < -0.39 is 5.60 Å². The van der Waals surface area contributed by atoms with Gasteiger partial charge in [-0.25, -0.2) is 0 Å². The number of hydrogen-bond acceptors (Lipinski definition) is 3. The van der Waals surface area contributed by atoms with Crippen LogP contribution in [0.2, 0.25) is 0 Å². The molecule has 0 aliphatic heterocycles. The molecule has 112 valence electrons. The summed E-state index contributed by atoms with van der Waals surface area (Å²) in [4.78, 5) is 0. The molecule has 3 nitrogen and oxygen atoms in total. The smallest absolute Gasteiger partial charge is 0.190 e. The number of aliphatic hydroxyl groups excluding tert-OH is 2. The van der Waals surface area contributed by atoms with E-state index in [-0.39, 0.29) is 16.5 Å². The van der Waals surface area contributed by atoms with E-state index in [1.165, 1.54) is 0 Å². The third-order valence-corrected chi connectivity index (χ3v) is 3.65. The second-order valence-electron chi connectivity index (χ2n) is 4.88. The summed E-state index contributed by atoms with van der Waals surface area (Å²) in [5.41, 5.74) is -0.982. The minimum atomic E-state index is -0.982. The van der Waals surface area contributed by atoms with Gasteiger partial charge in [-0.2, -0.15) is 0 Å². The van der Waals surface area contributed by atoms with Crippen LogP contribution in [-0.4, -0.2) is 32.5 Å². The molecule has 1 atom stereocenters. The highest BCUT2D eigenvalue weighted by molar-refractivity contribution is 7.80. The Labute approximate surface area is 127 Å². The Morgan fingerprint density at radius 1 is 1.00 bits per heavy atom. The molecule has 0 aromatic heterocycles. The van der Waals surface area contributed by atoms with Gasteiger partial charge in [0.1, 0.15) is 5.60 Å².